The van der Waals surface area contributed by atoms with Gasteiger partial charge in [-0.3, -0.25) is 9.59 Å². The lowest BCUT2D eigenvalue weighted by Gasteiger charge is -2.24. The molecular weight excluding hydrogens is 366 g/mol. The molecule has 2 aromatic rings. The molecule has 0 aliphatic carbocycles. The molecule has 7 heteroatoms. The van der Waals surface area contributed by atoms with Crippen molar-refractivity contribution in [1.82, 2.24) is 10.2 Å². The molecule has 1 heterocycles. The van der Waals surface area contributed by atoms with Crippen molar-refractivity contribution in [2.45, 2.75) is 32.0 Å². The Bertz CT molecular complexity index is 854. The van der Waals surface area contributed by atoms with Crippen molar-refractivity contribution in [3.8, 4) is 0 Å². The number of carbonyl (C=O) groups is 2. The number of aliphatic hydroxyl groups excluding tert-OH is 1. The second-order valence-electron chi connectivity index (χ2n) is 6.80. The lowest BCUT2D eigenvalue weighted by Crippen LogP contribution is -2.45. The minimum absolute atomic E-state index is 0.101. The molecule has 1 saturated heterocycles. The van der Waals surface area contributed by atoms with Crippen LogP contribution in [0.3, 0.4) is 0 Å². The minimum Gasteiger partial charge on any atom is -0.398 e. The van der Waals surface area contributed by atoms with Gasteiger partial charge in [-0.2, -0.15) is 0 Å². The first-order valence-electron chi connectivity index (χ1n) is 8.72. The van der Waals surface area contributed by atoms with Gasteiger partial charge in [0.15, 0.2) is 0 Å². The van der Waals surface area contributed by atoms with Crippen LogP contribution < -0.4 is 11.1 Å². The Morgan fingerprint density at radius 2 is 1.96 bits per heavy atom. The third kappa shape index (κ3) is 4.40. The Hall–Kier alpha value is -2.57. The average Bonchev–Trinajstić information content (AvgIpc) is 3.04. The summed E-state index contributed by atoms with van der Waals surface area (Å²) in [6.07, 6.45) is -0.539. The van der Waals surface area contributed by atoms with Crippen LogP contribution in [0.2, 0.25) is 5.02 Å². The first kappa shape index (κ1) is 19.2. The van der Waals surface area contributed by atoms with Gasteiger partial charge in [-0.1, -0.05) is 41.4 Å². The number of amides is 2. The van der Waals surface area contributed by atoms with Crippen LogP contribution in [0, 0.1) is 6.92 Å². The summed E-state index contributed by atoms with van der Waals surface area (Å²) in [5.41, 5.74) is 8.51. The maximum atomic E-state index is 12.8. The van der Waals surface area contributed by atoms with E-state index in [1.165, 1.54) is 11.0 Å². The number of anilines is 1. The first-order valence-corrected chi connectivity index (χ1v) is 9.10. The number of nitrogens with two attached hydrogens (primary N) is 1. The Morgan fingerprint density at radius 3 is 2.63 bits per heavy atom. The summed E-state index contributed by atoms with van der Waals surface area (Å²) in [5.74, 6) is -0.646. The third-order valence-electron chi connectivity index (χ3n) is 4.67. The molecular formula is C20H22ClN3O3. The first-order chi connectivity index (χ1) is 12.8. The highest BCUT2D eigenvalue weighted by Crippen LogP contribution is 2.24. The van der Waals surface area contributed by atoms with E-state index >= 15 is 0 Å². The highest BCUT2D eigenvalue weighted by molar-refractivity contribution is 6.33. The van der Waals surface area contributed by atoms with Gasteiger partial charge in [0, 0.05) is 25.1 Å². The molecule has 2 amide bonds. The quantitative estimate of drug-likeness (QED) is 0.700. The van der Waals surface area contributed by atoms with Crippen molar-refractivity contribution >= 4 is 29.1 Å². The molecule has 2 atom stereocenters. The van der Waals surface area contributed by atoms with E-state index in [-0.39, 0.29) is 24.8 Å². The smallest absolute Gasteiger partial charge is 0.254 e. The molecule has 1 aliphatic rings. The van der Waals surface area contributed by atoms with E-state index in [9.17, 15) is 14.7 Å². The van der Waals surface area contributed by atoms with E-state index in [1.54, 1.807) is 12.1 Å². The largest absolute Gasteiger partial charge is 0.398 e. The zero-order valence-electron chi connectivity index (χ0n) is 15.0. The topological polar surface area (TPSA) is 95.7 Å². The predicted octanol–water partition coefficient (Wildman–Crippen LogP) is 2.12. The van der Waals surface area contributed by atoms with E-state index in [0.29, 0.717) is 22.8 Å². The number of rotatable bonds is 4. The summed E-state index contributed by atoms with van der Waals surface area (Å²) in [6, 6.07) is 11.7. The SMILES string of the molecule is Cc1ccc(CNC(=O)[C@@H]2C[C@@H](O)CN2C(=O)c2ccc(Cl)c(N)c2)cc1. The second kappa shape index (κ2) is 7.98. The molecule has 27 heavy (non-hydrogen) atoms. The van der Waals surface area contributed by atoms with Crippen molar-refractivity contribution in [2.75, 3.05) is 12.3 Å². The van der Waals surface area contributed by atoms with Gasteiger partial charge in [-0.05, 0) is 30.7 Å². The number of aryl methyl sites for hydroxylation is 1. The molecule has 1 aliphatic heterocycles. The lowest BCUT2D eigenvalue weighted by atomic mass is 10.1. The van der Waals surface area contributed by atoms with Crippen LogP contribution in [0.1, 0.15) is 27.9 Å². The Balaban J connectivity index is 1.70. The normalized spacial score (nSPS) is 19.1. The van der Waals surface area contributed by atoms with Gasteiger partial charge in [-0.15, -0.1) is 0 Å². The van der Waals surface area contributed by atoms with Crippen LogP contribution in [-0.2, 0) is 11.3 Å². The second-order valence-corrected chi connectivity index (χ2v) is 7.21. The molecule has 142 valence electrons. The van der Waals surface area contributed by atoms with Crippen molar-refractivity contribution in [1.29, 1.82) is 0 Å². The standard InChI is InChI=1S/C20H22ClN3O3/c1-12-2-4-13(5-3-12)10-23-19(26)18-9-15(25)11-24(18)20(27)14-6-7-16(21)17(22)8-14/h2-8,15,18,25H,9-11,22H2,1H3,(H,23,26)/t15-,18+/m1/s1. The highest BCUT2D eigenvalue weighted by Gasteiger charge is 2.39. The van der Waals surface area contributed by atoms with Gasteiger partial charge >= 0.3 is 0 Å². The molecule has 3 rings (SSSR count). The monoisotopic (exact) mass is 387 g/mol. The van der Waals surface area contributed by atoms with Gasteiger partial charge in [0.05, 0.1) is 16.8 Å². The number of benzene rings is 2. The molecule has 0 bridgehead atoms. The molecule has 0 aromatic heterocycles. The van der Waals surface area contributed by atoms with Crippen LogP contribution in [0.25, 0.3) is 0 Å². The summed E-state index contributed by atoms with van der Waals surface area (Å²) < 4.78 is 0. The zero-order valence-corrected chi connectivity index (χ0v) is 15.7. The van der Waals surface area contributed by atoms with E-state index < -0.39 is 12.1 Å². The fraction of sp³-hybridized carbons (Fsp3) is 0.300. The van der Waals surface area contributed by atoms with Gasteiger partial charge < -0.3 is 21.1 Å². The summed E-state index contributed by atoms with van der Waals surface area (Å²) in [7, 11) is 0. The number of hydrogen-bond acceptors (Lipinski definition) is 4. The number of carbonyl (C=O) groups excluding carboxylic acids is 2. The number of hydrogen-bond donors (Lipinski definition) is 3. The van der Waals surface area contributed by atoms with E-state index in [4.69, 9.17) is 17.3 Å². The molecule has 0 spiro atoms. The van der Waals surface area contributed by atoms with E-state index in [2.05, 4.69) is 5.32 Å². The molecule has 2 aromatic carbocycles. The highest BCUT2D eigenvalue weighted by atomic mass is 35.5. The summed E-state index contributed by atoms with van der Waals surface area (Å²) >= 11 is 5.90. The summed E-state index contributed by atoms with van der Waals surface area (Å²) in [6.45, 7) is 2.46. The summed E-state index contributed by atoms with van der Waals surface area (Å²) in [4.78, 5) is 26.8. The number of nitrogens with one attached hydrogen (secondary N) is 1. The van der Waals surface area contributed by atoms with Gasteiger partial charge in [0.25, 0.3) is 5.91 Å². The van der Waals surface area contributed by atoms with Gasteiger partial charge in [0.2, 0.25) is 5.91 Å². The lowest BCUT2D eigenvalue weighted by molar-refractivity contribution is -0.125. The van der Waals surface area contributed by atoms with Crippen LogP contribution in [0.4, 0.5) is 5.69 Å². The average molecular weight is 388 g/mol. The molecule has 0 saturated carbocycles. The Morgan fingerprint density at radius 1 is 1.26 bits per heavy atom. The molecule has 4 N–H and O–H groups in total. The van der Waals surface area contributed by atoms with Crippen LogP contribution in [0.15, 0.2) is 42.5 Å². The molecule has 1 fully saturated rings. The number of likely N-dealkylation sites (tertiary alicyclic amines) is 1. The predicted molar refractivity (Wildman–Crippen MR) is 104 cm³/mol. The number of aliphatic hydroxyl groups is 1. The zero-order chi connectivity index (χ0) is 19.6. The summed E-state index contributed by atoms with van der Waals surface area (Å²) in [5, 5.41) is 13.2. The molecule has 0 unspecified atom stereocenters. The molecule has 0 radical (unpaired) electrons. The van der Waals surface area contributed by atoms with Crippen molar-refractivity contribution in [3.63, 3.8) is 0 Å². The third-order valence-corrected chi connectivity index (χ3v) is 5.02. The van der Waals surface area contributed by atoms with Crippen molar-refractivity contribution < 1.29 is 14.7 Å². The van der Waals surface area contributed by atoms with Crippen LogP contribution in [0.5, 0.6) is 0 Å². The van der Waals surface area contributed by atoms with Crippen LogP contribution >= 0.6 is 11.6 Å². The maximum absolute atomic E-state index is 12.8. The Labute approximate surface area is 162 Å². The van der Waals surface area contributed by atoms with Crippen molar-refractivity contribution in [2.24, 2.45) is 0 Å². The fourth-order valence-corrected chi connectivity index (χ4v) is 3.26. The van der Waals surface area contributed by atoms with E-state index in [1.807, 2.05) is 31.2 Å². The number of nitrogens with zero attached hydrogens (tertiary/aromatic N) is 1. The van der Waals surface area contributed by atoms with Gasteiger partial charge in [0.1, 0.15) is 6.04 Å². The van der Waals surface area contributed by atoms with Crippen molar-refractivity contribution in [3.05, 3.63) is 64.2 Å². The molecule has 6 nitrogen and oxygen atoms in total. The van der Waals surface area contributed by atoms with E-state index in [0.717, 1.165) is 11.1 Å². The Kier molecular flexibility index (Phi) is 5.68. The van der Waals surface area contributed by atoms with Gasteiger partial charge in [-0.25, -0.2) is 0 Å². The maximum Gasteiger partial charge on any atom is 0.254 e. The van der Waals surface area contributed by atoms with Crippen LogP contribution in [-0.4, -0.2) is 40.5 Å². The number of β-amino-alcohol motifs (C(OH)–C–C–N with tert-alkyl or cyclic N) is 1. The fourth-order valence-electron chi connectivity index (χ4n) is 3.14. The number of halogens is 1. The number of nitrogen functional groups attached to an aromatic ring is 1. The minimum atomic E-state index is -0.742.